The van der Waals surface area contributed by atoms with E-state index in [1.54, 1.807) is 11.6 Å². The molecule has 0 fully saturated rings. The highest BCUT2D eigenvalue weighted by molar-refractivity contribution is 7.89. The number of aromatic nitrogens is 3. The molecule has 3 rings (SSSR count). The molecule has 1 N–H and O–H groups in total. The van der Waals surface area contributed by atoms with Crippen molar-refractivity contribution in [1.29, 1.82) is 0 Å². The first-order chi connectivity index (χ1) is 11.9. The Morgan fingerprint density at radius 1 is 1.20 bits per heavy atom. The Morgan fingerprint density at radius 2 is 1.92 bits per heavy atom. The van der Waals surface area contributed by atoms with Crippen LogP contribution in [0.3, 0.4) is 0 Å². The smallest absolute Gasteiger partial charge is 0.244 e. The number of nitrogens with zero attached hydrogens (tertiary/aromatic N) is 3. The second kappa shape index (κ2) is 6.85. The van der Waals surface area contributed by atoms with Gasteiger partial charge >= 0.3 is 0 Å². The monoisotopic (exact) mass is 358 g/mol. The number of sulfonamides is 1. The van der Waals surface area contributed by atoms with Crippen LogP contribution in [0.2, 0.25) is 0 Å². The van der Waals surface area contributed by atoms with Gasteiger partial charge in [-0.25, -0.2) is 13.1 Å². The summed E-state index contributed by atoms with van der Waals surface area (Å²) in [6, 6.07) is 11.4. The molecule has 2 heterocycles. The van der Waals surface area contributed by atoms with Crippen LogP contribution in [-0.4, -0.2) is 22.8 Å². The van der Waals surface area contributed by atoms with Crippen molar-refractivity contribution >= 4 is 10.0 Å². The van der Waals surface area contributed by atoms with Crippen LogP contribution in [0, 0.1) is 6.92 Å². The third-order valence-corrected chi connectivity index (χ3v) is 5.90. The highest BCUT2D eigenvalue weighted by atomic mass is 32.2. The van der Waals surface area contributed by atoms with E-state index < -0.39 is 10.0 Å². The van der Waals surface area contributed by atoms with E-state index in [9.17, 15) is 8.42 Å². The standard InChI is InChI=1S/C18H22N4O2S/c1-4-22-15(3)18(13-19-22)25(23,24)20-14(2)16-8-7-9-17(12-16)21-10-5-6-11-21/h5-14,20H,4H2,1-3H3/t14-/m1/s1. The third kappa shape index (κ3) is 3.52. The first-order valence-corrected chi connectivity index (χ1v) is 9.68. The number of hydrogen-bond acceptors (Lipinski definition) is 3. The van der Waals surface area contributed by atoms with Gasteiger partial charge in [-0.1, -0.05) is 12.1 Å². The highest BCUT2D eigenvalue weighted by Crippen LogP contribution is 2.21. The fourth-order valence-electron chi connectivity index (χ4n) is 2.84. The fraction of sp³-hybridized carbons (Fsp3) is 0.278. The van der Waals surface area contributed by atoms with E-state index >= 15 is 0 Å². The zero-order valence-electron chi connectivity index (χ0n) is 14.5. The van der Waals surface area contributed by atoms with Crippen molar-refractivity contribution in [2.24, 2.45) is 0 Å². The molecule has 1 aromatic carbocycles. The molecule has 0 spiro atoms. The number of nitrogens with one attached hydrogen (secondary N) is 1. The SMILES string of the molecule is CCn1ncc(S(=O)(=O)N[C@H](C)c2cccc(-n3cccc3)c2)c1C. The van der Waals surface area contributed by atoms with Crippen molar-refractivity contribution in [3.8, 4) is 5.69 Å². The highest BCUT2D eigenvalue weighted by Gasteiger charge is 2.23. The summed E-state index contributed by atoms with van der Waals surface area (Å²) in [5.74, 6) is 0. The molecular weight excluding hydrogens is 336 g/mol. The predicted molar refractivity (Wildman–Crippen MR) is 97.1 cm³/mol. The Labute approximate surface area is 148 Å². The molecule has 0 amide bonds. The van der Waals surface area contributed by atoms with E-state index in [2.05, 4.69) is 9.82 Å². The molecule has 7 heteroatoms. The Bertz CT molecular complexity index is 959. The van der Waals surface area contributed by atoms with Gasteiger partial charge in [-0.05, 0) is 50.6 Å². The molecule has 0 unspecified atom stereocenters. The van der Waals surface area contributed by atoms with Crippen LogP contribution in [0.25, 0.3) is 5.69 Å². The Morgan fingerprint density at radius 3 is 2.56 bits per heavy atom. The van der Waals surface area contributed by atoms with Gasteiger partial charge in [0.15, 0.2) is 0 Å². The van der Waals surface area contributed by atoms with E-state index in [1.807, 2.05) is 67.2 Å². The summed E-state index contributed by atoms with van der Waals surface area (Å²) in [6.45, 7) is 6.17. The molecule has 0 aliphatic rings. The molecule has 0 aliphatic carbocycles. The third-order valence-electron chi connectivity index (χ3n) is 4.25. The zero-order valence-corrected chi connectivity index (χ0v) is 15.4. The Balaban J connectivity index is 1.85. The van der Waals surface area contributed by atoms with Gasteiger partial charge in [-0.15, -0.1) is 0 Å². The van der Waals surface area contributed by atoms with Gasteiger partial charge in [-0.2, -0.15) is 5.10 Å². The average Bonchev–Trinajstić information content (AvgIpc) is 3.24. The number of aryl methyl sites for hydroxylation is 1. The molecule has 25 heavy (non-hydrogen) atoms. The van der Waals surface area contributed by atoms with Crippen molar-refractivity contribution in [3.63, 3.8) is 0 Å². The molecule has 0 saturated heterocycles. The maximum absolute atomic E-state index is 12.7. The molecule has 0 radical (unpaired) electrons. The molecule has 3 aromatic rings. The van der Waals surface area contributed by atoms with Crippen molar-refractivity contribution in [2.45, 2.75) is 38.3 Å². The zero-order chi connectivity index (χ0) is 18.0. The van der Waals surface area contributed by atoms with E-state index in [-0.39, 0.29) is 10.9 Å². The number of rotatable bonds is 6. The van der Waals surface area contributed by atoms with Gasteiger partial charge in [0.25, 0.3) is 0 Å². The van der Waals surface area contributed by atoms with Crippen LogP contribution < -0.4 is 4.72 Å². The summed E-state index contributed by atoms with van der Waals surface area (Å²) in [4.78, 5) is 0.225. The lowest BCUT2D eigenvalue weighted by Gasteiger charge is -2.16. The van der Waals surface area contributed by atoms with Gasteiger partial charge in [-0.3, -0.25) is 4.68 Å². The first-order valence-electron chi connectivity index (χ1n) is 8.20. The van der Waals surface area contributed by atoms with Gasteiger partial charge in [0, 0.05) is 30.7 Å². The lowest BCUT2D eigenvalue weighted by Crippen LogP contribution is -2.27. The molecule has 0 saturated carbocycles. The quantitative estimate of drug-likeness (QED) is 0.736. The molecule has 0 aliphatic heterocycles. The van der Waals surface area contributed by atoms with Gasteiger partial charge in [0.05, 0.1) is 11.9 Å². The first kappa shape index (κ1) is 17.4. The van der Waals surface area contributed by atoms with Crippen molar-refractivity contribution in [1.82, 2.24) is 19.1 Å². The lowest BCUT2D eigenvalue weighted by molar-refractivity contribution is 0.565. The van der Waals surface area contributed by atoms with Crippen LogP contribution in [0.4, 0.5) is 0 Å². The Kier molecular flexibility index (Phi) is 4.78. The number of hydrogen-bond donors (Lipinski definition) is 1. The van der Waals surface area contributed by atoms with E-state index in [1.165, 1.54) is 6.20 Å². The molecule has 0 bridgehead atoms. The minimum atomic E-state index is -3.63. The average molecular weight is 358 g/mol. The summed E-state index contributed by atoms with van der Waals surface area (Å²) in [6.07, 6.45) is 5.32. The van der Waals surface area contributed by atoms with Crippen LogP contribution in [0.15, 0.2) is 59.9 Å². The topological polar surface area (TPSA) is 68.9 Å². The molecule has 132 valence electrons. The minimum absolute atomic E-state index is 0.225. The predicted octanol–water partition coefficient (Wildman–Crippen LogP) is 3.04. The van der Waals surface area contributed by atoms with Crippen molar-refractivity contribution < 1.29 is 8.42 Å². The second-order valence-electron chi connectivity index (χ2n) is 5.94. The van der Waals surface area contributed by atoms with Crippen LogP contribution >= 0.6 is 0 Å². The molecule has 6 nitrogen and oxygen atoms in total. The van der Waals surface area contributed by atoms with E-state index in [0.717, 1.165) is 11.3 Å². The van der Waals surface area contributed by atoms with Crippen molar-refractivity contribution in [2.75, 3.05) is 0 Å². The van der Waals surface area contributed by atoms with E-state index in [0.29, 0.717) is 12.2 Å². The van der Waals surface area contributed by atoms with Gasteiger partial charge < -0.3 is 4.57 Å². The van der Waals surface area contributed by atoms with E-state index in [4.69, 9.17) is 0 Å². The van der Waals surface area contributed by atoms with Crippen LogP contribution in [0.1, 0.15) is 31.1 Å². The summed E-state index contributed by atoms with van der Waals surface area (Å²) < 4.78 is 31.8. The summed E-state index contributed by atoms with van der Waals surface area (Å²) in [7, 11) is -3.63. The Hall–Kier alpha value is -2.38. The summed E-state index contributed by atoms with van der Waals surface area (Å²) >= 11 is 0. The number of benzene rings is 1. The van der Waals surface area contributed by atoms with Crippen LogP contribution in [-0.2, 0) is 16.6 Å². The maximum atomic E-state index is 12.7. The maximum Gasteiger partial charge on any atom is 0.244 e. The summed E-state index contributed by atoms with van der Waals surface area (Å²) in [5.41, 5.74) is 2.53. The lowest BCUT2D eigenvalue weighted by atomic mass is 10.1. The second-order valence-corrected chi connectivity index (χ2v) is 7.62. The summed E-state index contributed by atoms with van der Waals surface area (Å²) in [5, 5.41) is 4.12. The van der Waals surface area contributed by atoms with Crippen molar-refractivity contribution in [3.05, 3.63) is 66.2 Å². The molecule has 2 aromatic heterocycles. The minimum Gasteiger partial charge on any atom is -0.324 e. The fourth-order valence-corrected chi connectivity index (χ4v) is 4.25. The molecular formula is C18H22N4O2S. The van der Waals surface area contributed by atoms with Crippen LogP contribution in [0.5, 0.6) is 0 Å². The normalized spacial score (nSPS) is 13.1. The van der Waals surface area contributed by atoms with Gasteiger partial charge in [0.1, 0.15) is 4.90 Å². The molecule has 1 atom stereocenters. The largest absolute Gasteiger partial charge is 0.324 e. The van der Waals surface area contributed by atoms with Gasteiger partial charge in [0.2, 0.25) is 10.0 Å².